The first-order valence-electron chi connectivity index (χ1n) is 8.73. The van der Waals surface area contributed by atoms with Gasteiger partial charge in [0.25, 0.3) is 5.91 Å². The third kappa shape index (κ3) is 6.02. The molecule has 0 saturated carbocycles. The Bertz CT molecular complexity index is 975. The number of carbonyl (C=O) groups is 1. The van der Waals surface area contributed by atoms with Crippen LogP contribution < -0.4 is 10.1 Å². The Hall–Kier alpha value is -2.94. The molecule has 2 aromatic heterocycles. The van der Waals surface area contributed by atoms with Gasteiger partial charge in [-0.25, -0.2) is 9.97 Å². The smallest absolute Gasteiger partial charge is 0.422 e. The number of nitrogens with one attached hydrogen (secondary N) is 1. The van der Waals surface area contributed by atoms with Crippen molar-refractivity contribution in [3.05, 3.63) is 75.4 Å². The average molecular weight is 421 g/mol. The lowest BCUT2D eigenvalue weighted by Crippen LogP contribution is -2.24. The van der Waals surface area contributed by atoms with Gasteiger partial charge in [-0.15, -0.1) is 11.3 Å². The lowest BCUT2D eigenvalue weighted by molar-refractivity contribution is -0.154. The van der Waals surface area contributed by atoms with E-state index in [1.54, 1.807) is 19.1 Å². The van der Waals surface area contributed by atoms with E-state index in [-0.39, 0.29) is 18.3 Å². The van der Waals surface area contributed by atoms with Gasteiger partial charge >= 0.3 is 6.18 Å². The molecule has 1 N–H and O–H groups in total. The molecule has 0 spiro atoms. The van der Waals surface area contributed by atoms with Gasteiger partial charge < -0.3 is 10.1 Å². The number of rotatable bonds is 7. The molecule has 0 atom stereocenters. The monoisotopic (exact) mass is 421 g/mol. The van der Waals surface area contributed by atoms with E-state index >= 15 is 0 Å². The molecule has 9 heteroatoms. The third-order valence-electron chi connectivity index (χ3n) is 3.91. The predicted octanol–water partition coefficient (Wildman–Crippen LogP) is 4.31. The van der Waals surface area contributed by atoms with E-state index in [9.17, 15) is 18.0 Å². The molecule has 1 amide bonds. The van der Waals surface area contributed by atoms with Crippen molar-refractivity contribution in [1.82, 2.24) is 15.3 Å². The predicted molar refractivity (Wildman–Crippen MR) is 103 cm³/mol. The van der Waals surface area contributed by atoms with Crippen LogP contribution in [0.3, 0.4) is 0 Å². The minimum atomic E-state index is -4.47. The number of nitrogens with zero attached hydrogens (tertiary/aromatic N) is 2. The Kier molecular flexibility index (Phi) is 6.48. The molecule has 29 heavy (non-hydrogen) atoms. The van der Waals surface area contributed by atoms with Crippen LogP contribution in [0.25, 0.3) is 0 Å². The fourth-order valence-electron chi connectivity index (χ4n) is 2.60. The summed E-state index contributed by atoms with van der Waals surface area (Å²) in [6.45, 7) is 0.300. The maximum absolute atomic E-state index is 12.6. The van der Waals surface area contributed by atoms with Gasteiger partial charge in [-0.05, 0) is 18.6 Å². The highest BCUT2D eigenvalue weighted by Gasteiger charge is 2.29. The van der Waals surface area contributed by atoms with Crippen LogP contribution in [0, 0.1) is 6.92 Å². The lowest BCUT2D eigenvalue weighted by Gasteiger charge is -2.12. The number of amides is 1. The van der Waals surface area contributed by atoms with Gasteiger partial charge in [0.2, 0.25) is 5.88 Å². The summed E-state index contributed by atoms with van der Waals surface area (Å²) in [5.41, 5.74) is 2.06. The van der Waals surface area contributed by atoms with Crippen molar-refractivity contribution in [2.75, 3.05) is 6.61 Å². The van der Waals surface area contributed by atoms with Crippen molar-refractivity contribution in [2.24, 2.45) is 0 Å². The molecule has 3 aromatic rings. The van der Waals surface area contributed by atoms with Crippen molar-refractivity contribution in [3.8, 4) is 5.88 Å². The minimum Gasteiger partial charge on any atom is -0.468 e. The van der Waals surface area contributed by atoms with Gasteiger partial charge in [-0.1, -0.05) is 36.4 Å². The summed E-state index contributed by atoms with van der Waals surface area (Å²) >= 11 is 1.30. The van der Waals surface area contributed by atoms with Crippen LogP contribution in [0.4, 0.5) is 13.2 Å². The van der Waals surface area contributed by atoms with Gasteiger partial charge in [-0.3, -0.25) is 4.79 Å². The number of alkyl halides is 3. The number of benzene rings is 1. The molecular weight excluding hydrogens is 403 g/mol. The van der Waals surface area contributed by atoms with Gasteiger partial charge in [0.15, 0.2) is 6.61 Å². The summed E-state index contributed by atoms with van der Waals surface area (Å²) in [5, 5.41) is 3.52. The summed E-state index contributed by atoms with van der Waals surface area (Å²) < 4.78 is 41.9. The number of hydrogen-bond acceptors (Lipinski definition) is 5. The molecule has 1 aromatic carbocycles. The van der Waals surface area contributed by atoms with Crippen LogP contribution in [0.1, 0.15) is 31.5 Å². The molecule has 0 radical (unpaired) electrons. The number of halogens is 3. The zero-order valence-corrected chi connectivity index (χ0v) is 16.3. The Morgan fingerprint density at radius 2 is 1.93 bits per heavy atom. The molecule has 0 bridgehead atoms. The highest BCUT2D eigenvalue weighted by atomic mass is 32.1. The molecule has 3 rings (SSSR count). The fourth-order valence-corrected chi connectivity index (χ4v) is 3.62. The zero-order valence-electron chi connectivity index (χ0n) is 15.5. The normalized spacial score (nSPS) is 11.3. The molecular formula is C20H18F3N3O2S. The van der Waals surface area contributed by atoms with Gasteiger partial charge in [-0.2, -0.15) is 13.2 Å². The molecule has 0 saturated heterocycles. The molecule has 0 aliphatic rings. The maximum atomic E-state index is 12.6. The summed E-state index contributed by atoms with van der Waals surface area (Å²) in [4.78, 5) is 21.3. The molecule has 0 fully saturated rings. The fraction of sp³-hybridized carbons (Fsp3) is 0.250. The minimum absolute atomic E-state index is 0.00871. The third-order valence-corrected chi connectivity index (χ3v) is 5.06. The first-order chi connectivity index (χ1) is 13.8. The topological polar surface area (TPSA) is 64.1 Å². The summed E-state index contributed by atoms with van der Waals surface area (Å²) in [7, 11) is 0. The van der Waals surface area contributed by atoms with Crippen LogP contribution in [0.5, 0.6) is 5.88 Å². The van der Waals surface area contributed by atoms with Crippen LogP contribution in [0.15, 0.2) is 48.7 Å². The highest BCUT2D eigenvalue weighted by Crippen LogP contribution is 2.22. The molecule has 152 valence electrons. The number of thiazole rings is 1. The van der Waals surface area contributed by atoms with Crippen molar-refractivity contribution in [3.63, 3.8) is 0 Å². The first kappa shape index (κ1) is 20.8. The van der Waals surface area contributed by atoms with Crippen LogP contribution in [-0.4, -0.2) is 28.7 Å². The maximum Gasteiger partial charge on any atom is 0.422 e. The Labute approximate surface area is 169 Å². The second kappa shape index (κ2) is 9.04. The standard InChI is InChI=1S/C20H18F3N3O2S/c1-13-17(29-16(26-13)10-14-6-3-2-4-7-14)18(27)25-11-15-8-5-9-24-19(15)28-12-20(21,22)23/h2-9H,10-12H2,1H3,(H,25,27). The van der Waals surface area contributed by atoms with Gasteiger partial charge in [0.05, 0.1) is 10.7 Å². The van der Waals surface area contributed by atoms with E-state index in [0.29, 0.717) is 22.6 Å². The van der Waals surface area contributed by atoms with E-state index in [0.717, 1.165) is 10.6 Å². The summed E-state index contributed by atoms with van der Waals surface area (Å²) in [5.74, 6) is -0.499. The van der Waals surface area contributed by atoms with Gasteiger partial charge in [0.1, 0.15) is 4.88 Å². The lowest BCUT2D eigenvalue weighted by atomic mass is 10.2. The van der Waals surface area contributed by atoms with Crippen LogP contribution in [-0.2, 0) is 13.0 Å². The first-order valence-corrected chi connectivity index (χ1v) is 9.55. The van der Waals surface area contributed by atoms with E-state index in [2.05, 4.69) is 15.3 Å². The average Bonchev–Trinajstić information content (AvgIpc) is 3.05. The van der Waals surface area contributed by atoms with Gasteiger partial charge in [0, 0.05) is 24.7 Å². The van der Waals surface area contributed by atoms with Crippen molar-refractivity contribution < 1.29 is 22.7 Å². The van der Waals surface area contributed by atoms with Crippen LogP contribution >= 0.6 is 11.3 Å². The number of pyridine rings is 1. The molecule has 5 nitrogen and oxygen atoms in total. The summed E-state index contributed by atoms with van der Waals surface area (Å²) in [6.07, 6.45) is -2.51. The second-order valence-electron chi connectivity index (χ2n) is 6.24. The highest BCUT2D eigenvalue weighted by molar-refractivity contribution is 7.13. The number of ether oxygens (including phenoxy) is 1. The van der Waals surface area contributed by atoms with E-state index in [4.69, 9.17) is 4.74 Å². The second-order valence-corrected chi connectivity index (χ2v) is 7.32. The number of aromatic nitrogens is 2. The molecule has 0 aliphatic carbocycles. The van der Waals surface area contributed by atoms with Crippen molar-refractivity contribution >= 4 is 17.2 Å². The molecule has 0 aliphatic heterocycles. The Balaban J connectivity index is 1.64. The quantitative estimate of drug-likeness (QED) is 0.618. The number of hydrogen-bond donors (Lipinski definition) is 1. The van der Waals surface area contributed by atoms with E-state index in [1.807, 2.05) is 30.3 Å². The number of aryl methyl sites for hydroxylation is 1. The van der Waals surface area contributed by atoms with E-state index in [1.165, 1.54) is 17.5 Å². The zero-order chi connectivity index (χ0) is 20.9. The van der Waals surface area contributed by atoms with Crippen molar-refractivity contribution in [2.45, 2.75) is 26.1 Å². The molecule has 2 heterocycles. The number of carbonyl (C=O) groups excluding carboxylic acids is 1. The molecule has 0 unspecified atom stereocenters. The summed E-state index contributed by atoms with van der Waals surface area (Å²) in [6, 6.07) is 12.9. The Morgan fingerprint density at radius 3 is 2.66 bits per heavy atom. The Morgan fingerprint density at radius 1 is 1.17 bits per heavy atom. The van der Waals surface area contributed by atoms with E-state index < -0.39 is 12.8 Å². The SMILES string of the molecule is Cc1nc(Cc2ccccc2)sc1C(=O)NCc1cccnc1OCC(F)(F)F. The van der Waals surface area contributed by atoms with Crippen LogP contribution in [0.2, 0.25) is 0 Å². The largest absolute Gasteiger partial charge is 0.468 e. The van der Waals surface area contributed by atoms with Crippen molar-refractivity contribution in [1.29, 1.82) is 0 Å².